The van der Waals surface area contributed by atoms with Crippen molar-refractivity contribution in [3.05, 3.63) is 42.0 Å². The van der Waals surface area contributed by atoms with Crippen LogP contribution in [-0.4, -0.2) is 18.5 Å². The predicted molar refractivity (Wildman–Crippen MR) is 64.7 cm³/mol. The van der Waals surface area contributed by atoms with Crippen LogP contribution in [0.5, 0.6) is 0 Å². The molecule has 1 aliphatic heterocycles. The van der Waals surface area contributed by atoms with Crippen LogP contribution in [0, 0.1) is 0 Å². The highest BCUT2D eigenvalue weighted by Crippen LogP contribution is 2.32. The van der Waals surface area contributed by atoms with Crippen molar-refractivity contribution in [1.29, 1.82) is 0 Å². The first kappa shape index (κ1) is 10.2. The van der Waals surface area contributed by atoms with Crippen molar-refractivity contribution in [1.82, 2.24) is 4.90 Å². The molecule has 1 aromatic carbocycles. The fraction of sp³-hybridized carbons (Fsp3) is 0.385. The molecule has 1 aromatic rings. The first-order valence-corrected chi connectivity index (χ1v) is 5.42. The fourth-order valence-electron chi connectivity index (χ4n) is 2.31. The van der Waals surface area contributed by atoms with E-state index in [1.165, 1.54) is 11.1 Å². The van der Waals surface area contributed by atoms with Gasteiger partial charge in [0.2, 0.25) is 0 Å². The van der Waals surface area contributed by atoms with Gasteiger partial charge in [-0.05, 0) is 43.1 Å². The number of hydrogen-bond donors (Lipinski definition) is 1. The minimum Gasteiger partial charge on any atom is -0.399 e. The van der Waals surface area contributed by atoms with Crippen LogP contribution in [-0.2, 0) is 6.42 Å². The van der Waals surface area contributed by atoms with Gasteiger partial charge in [0.15, 0.2) is 0 Å². The van der Waals surface area contributed by atoms with Crippen LogP contribution < -0.4 is 5.73 Å². The SMILES string of the molecule is C=CCC1c2cc(N)ccc2CCN1C. The molecule has 15 heavy (non-hydrogen) atoms. The molecule has 0 aromatic heterocycles. The van der Waals surface area contributed by atoms with E-state index in [1.807, 2.05) is 12.1 Å². The monoisotopic (exact) mass is 202 g/mol. The Morgan fingerprint density at radius 3 is 3.13 bits per heavy atom. The molecule has 0 radical (unpaired) electrons. The highest BCUT2D eigenvalue weighted by Gasteiger charge is 2.23. The molecule has 0 aliphatic carbocycles. The summed E-state index contributed by atoms with van der Waals surface area (Å²) >= 11 is 0. The number of benzene rings is 1. The lowest BCUT2D eigenvalue weighted by Crippen LogP contribution is -2.31. The van der Waals surface area contributed by atoms with Crippen LogP contribution in [0.15, 0.2) is 30.9 Å². The summed E-state index contributed by atoms with van der Waals surface area (Å²) in [4.78, 5) is 2.38. The Hall–Kier alpha value is -1.28. The standard InChI is InChI=1S/C13H18N2/c1-3-4-13-12-9-11(14)6-5-10(12)7-8-15(13)2/h3,5-6,9,13H,1,4,7-8,14H2,2H3. The molecule has 2 nitrogen and oxygen atoms in total. The van der Waals surface area contributed by atoms with E-state index in [1.54, 1.807) is 0 Å². The van der Waals surface area contributed by atoms with Gasteiger partial charge in [0.25, 0.3) is 0 Å². The summed E-state index contributed by atoms with van der Waals surface area (Å²) in [6.45, 7) is 4.95. The molecule has 0 saturated heterocycles. The lowest BCUT2D eigenvalue weighted by molar-refractivity contribution is 0.232. The fourth-order valence-corrected chi connectivity index (χ4v) is 2.31. The molecule has 0 spiro atoms. The summed E-state index contributed by atoms with van der Waals surface area (Å²) in [7, 11) is 2.17. The minimum atomic E-state index is 0.453. The van der Waals surface area contributed by atoms with Gasteiger partial charge in [-0.15, -0.1) is 6.58 Å². The highest BCUT2D eigenvalue weighted by atomic mass is 15.1. The maximum atomic E-state index is 5.84. The number of anilines is 1. The number of rotatable bonds is 2. The van der Waals surface area contributed by atoms with Gasteiger partial charge >= 0.3 is 0 Å². The highest BCUT2D eigenvalue weighted by molar-refractivity contribution is 5.47. The average Bonchev–Trinajstić information content (AvgIpc) is 2.23. The Morgan fingerprint density at radius 2 is 2.40 bits per heavy atom. The maximum absolute atomic E-state index is 5.84. The van der Waals surface area contributed by atoms with Crippen LogP contribution in [0.3, 0.4) is 0 Å². The summed E-state index contributed by atoms with van der Waals surface area (Å²) < 4.78 is 0. The molecule has 1 unspecified atom stereocenters. The summed E-state index contributed by atoms with van der Waals surface area (Å²) in [6.07, 6.45) is 4.10. The molecule has 0 fully saturated rings. The largest absolute Gasteiger partial charge is 0.399 e. The number of hydrogen-bond acceptors (Lipinski definition) is 2. The zero-order valence-corrected chi connectivity index (χ0v) is 9.24. The molecule has 0 saturated carbocycles. The van der Waals surface area contributed by atoms with Crippen molar-refractivity contribution in [2.45, 2.75) is 18.9 Å². The van der Waals surface area contributed by atoms with E-state index < -0.39 is 0 Å². The van der Waals surface area contributed by atoms with E-state index >= 15 is 0 Å². The van der Waals surface area contributed by atoms with Crippen molar-refractivity contribution in [3.63, 3.8) is 0 Å². The summed E-state index contributed by atoms with van der Waals surface area (Å²) in [5, 5.41) is 0. The van der Waals surface area contributed by atoms with Gasteiger partial charge in [-0.3, -0.25) is 4.90 Å². The van der Waals surface area contributed by atoms with Crippen LogP contribution in [0.2, 0.25) is 0 Å². The number of nitrogens with zero attached hydrogens (tertiary/aromatic N) is 1. The second-order valence-electron chi connectivity index (χ2n) is 4.23. The summed E-state index contributed by atoms with van der Waals surface area (Å²) in [5.41, 5.74) is 9.52. The summed E-state index contributed by atoms with van der Waals surface area (Å²) in [6, 6.07) is 6.72. The van der Waals surface area contributed by atoms with Gasteiger partial charge in [0.05, 0.1) is 0 Å². The molecule has 0 bridgehead atoms. The Kier molecular flexibility index (Phi) is 2.78. The Balaban J connectivity index is 2.40. The zero-order valence-electron chi connectivity index (χ0n) is 9.24. The van der Waals surface area contributed by atoms with Crippen molar-refractivity contribution >= 4 is 5.69 Å². The van der Waals surface area contributed by atoms with Crippen molar-refractivity contribution in [3.8, 4) is 0 Å². The third-order valence-electron chi connectivity index (χ3n) is 3.18. The Bertz CT molecular complexity index is 371. The maximum Gasteiger partial charge on any atom is 0.0383 e. The van der Waals surface area contributed by atoms with E-state index in [0.717, 1.165) is 25.1 Å². The normalized spacial score (nSPS) is 21.0. The molecule has 2 N–H and O–H groups in total. The predicted octanol–water partition coefficient (Wildman–Crippen LogP) is 2.37. The van der Waals surface area contributed by atoms with Crippen LogP contribution in [0.1, 0.15) is 23.6 Å². The van der Waals surface area contributed by atoms with E-state index in [0.29, 0.717) is 6.04 Å². The molecular formula is C13H18N2. The molecule has 1 aliphatic rings. The van der Waals surface area contributed by atoms with Crippen molar-refractivity contribution < 1.29 is 0 Å². The first-order valence-electron chi connectivity index (χ1n) is 5.42. The topological polar surface area (TPSA) is 29.3 Å². The number of likely N-dealkylation sites (N-methyl/N-ethyl adjacent to an activating group) is 1. The Labute approximate surface area is 91.4 Å². The van der Waals surface area contributed by atoms with Crippen LogP contribution in [0.4, 0.5) is 5.69 Å². The van der Waals surface area contributed by atoms with E-state index in [4.69, 9.17) is 5.73 Å². The Morgan fingerprint density at radius 1 is 1.60 bits per heavy atom. The van der Waals surface area contributed by atoms with E-state index in [2.05, 4.69) is 30.7 Å². The van der Waals surface area contributed by atoms with Gasteiger partial charge in [-0.2, -0.15) is 0 Å². The van der Waals surface area contributed by atoms with E-state index in [9.17, 15) is 0 Å². The smallest absolute Gasteiger partial charge is 0.0383 e. The zero-order chi connectivity index (χ0) is 10.8. The van der Waals surface area contributed by atoms with Crippen LogP contribution >= 0.6 is 0 Å². The number of fused-ring (bicyclic) bond motifs is 1. The third-order valence-corrected chi connectivity index (χ3v) is 3.18. The second kappa shape index (κ2) is 4.07. The van der Waals surface area contributed by atoms with Gasteiger partial charge in [0.1, 0.15) is 0 Å². The average molecular weight is 202 g/mol. The first-order chi connectivity index (χ1) is 7.22. The molecule has 80 valence electrons. The molecule has 0 amide bonds. The molecule has 1 heterocycles. The van der Waals surface area contributed by atoms with Gasteiger partial charge in [-0.1, -0.05) is 12.1 Å². The van der Waals surface area contributed by atoms with Gasteiger partial charge in [-0.25, -0.2) is 0 Å². The van der Waals surface area contributed by atoms with Crippen molar-refractivity contribution in [2.24, 2.45) is 0 Å². The lowest BCUT2D eigenvalue weighted by atomic mass is 9.91. The minimum absolute atomic E-state index is 0.453. The number of nitrogens with two attached hydrogens (primary N) is 1. The molecular weight excluding hydrogens is 184 g/mol. The quantitative estimate of drug-likeness (QED) is 0.589. The van der Waals surface area contributed by atoms with Gasteiger partial charge < -0.3 is 5.73 Å². The second-order valence-corrected chi connectivity index (χ2v) is 4.23. The van der Waals surface area contributed by atoms with Crippen molar-refractivity contribution in [2.75, 3.05) is 19.3 Å². The lowest BCUT2D eigenvalue weighted by Gasteiger charge is -2.34. The molecule has 2 heteroatoms. The molecule has 1 atom stereocenters. The van der Waals surface area contributed by atoms with Gasteiger partial charge in [0, 0.05) is 18.3 Å². The number of nitrogen functional groups attached to an aromatic ring is 1. The third kappa shape index (κ3) is 1.90. The van der Waals surface area contributed by atoms with Crippen LogP contribution in [0.25, 0.3) is 0 Å². The molecule has 2 rings (SSSR count). The summed E-state index contributed by atoms with van der Waals surface area (Å²) in [5.74, 6) is 0. The van der Waals surface area contributed by atoms with E-state index in [-0.39, 0.29) is 0 Å².